The molecule has 0 aliphatic carbocycles. The van der Waals surface area contributed by atoms with E-state index in [1.807, 2.05) is 52.0 Å². The number of sulfonamides is 1. The van der Waals surface area contributed by atoms with Gasteiger partial charge >= 0.3 is 0 Å². The molecule has 0 heterocycles. The molecule has 220 valence electrons. The Morgan fingerprint density at radius 3 is 2.17 bits per heavy atom. The normalized spacial score (nSPS) is 12.4. The predicted molar refractivity (Wildman–Crippen MR) is 166 cm³/mol. The van der Waals surface area contributed by atoms with Crippen LogP contribution in [0.2, 0.25) is 5.02 Å². The summed E-state index contributed by atoms with van der Waals surface area (Å²) < 4.78 is 35.0. The molecule has 3 aromatic rings. The van der Waals surface area contributed by atoms with Gasteiger partial charge in [-0.1, -0.05) is 57.4 Å². The van der Waals surface area contributed by atoms with Crippen LogP contribution in [0.1, 0.15) is 38.8 Å². The highest BCUT2D eigenvalue weighted by atomic mass is 79.9. The molecule has 0 radical (unpaired) electrons. The van der Waals surface area contributed by atoms with E-state index in [0.717, 1.165) is 19.9 Å². The van der Waals surface area contributed by atoms with Crippen LogP contribution in [0, 0.1) is 6.92 Å². The van der Waals surface area contributed by atoms with E-state index in [0.29, 0.717) is 5.75 Å². The van der Waals surface area contributed by atoms with Gasteiger partial charge in [0.05, 0.1) is 22.7 Å². The summed E-state index contributed by atoms with van der Waals surface area (Å²) in [5.74, 6) is -0.561. The van der Waals surface area contributed by atoms with E-state index in [1.165, 1.54) is 36.3 Å². The van der Waals surface area contributed by atoms with E-state index in [1.54, 1.807) is 25.1 Å². The van der Waals surface area contributed by atoms with Gasteiger partial charge in [0.25, 0.3) is 10.0 Å². The van der Waals surface area contributed by atoms with Gasteiger partial charge in [-0.05, 0) is 82.6 Å². The van der Waals surface area contributed by atoms with Gasteiger partial charge in [0.2, 0.25) is 11.8 Å². The lowest BCUT2D eigenvalue weighted by Gasteiger charge is -2.33. The number of nitrogens with zero attached hydrogens (tertiary/aromatic N) is 2. The Kier molecular flexibility index (Phi) is 10.5. The van der Waals surface area contributed by atoms with Crippen molar-refractivity contribution in [1.82, 2.24) is 10.2 Å². The van der Waals surface area contributed by atoms with Crippen LogP contribution in [-0.2, 0) is 26.2 Å². The highest BCUT2D eigenvalue weighted by molar-refractivity contribution is 9.10. The lowest BCUT2D eigenvalue weighted by molar-refractivity contribution is -0.140. The smallest absolute Gasteiger partial charge is 0.264 e. The summed E-state index contributed by atoms with van der Waals surface area (Å²) in [4.78, 5) is 28.6. The lowest BCUT2D eigenvalue weighted by atomic mass is 10.1. The molecule has 0 spiro atoms. The van der Waals surface area contributed by atoms with Crippen molar-refractivity contribution in [3.05, 3.63) is 87.4 Å². The molecular formula is C30H35BrClN3O5S. The third kappa shape index (κ3) is 8.47. The first-order valence-corrected chi connectivity index (χ1v) is 15.5. The number of halogens is 2. The Morgan fingerprint density at radius 2 is 1.63 bits per heavy atom. The van der Waals surface area contributed by atoms with E-state index >= 15 is 0 Å². The molecule has 41 heavy (non-hydrogen) atoms. The number of carbonyl (C=O) groups is 2. The minimum atomic E-state index is -4.21. The van der Waals surface area contributed by atoms with E-state index in [2.05, 4.69) is 21.2 Å². The van der Waals surface area contributed by atoms with Gasteiger partial charge in [-0.2, -0.15) is 0 Å². The molecule has 1 N–H and O–H groups in total. The largest absolute Gasteiger partial charge is 0.495 e. The van der Waals surface area contributed by atoms with Crippen molar-refractivity contribution >= 4 is 55.1 Å². The molecule has 3 rings (SSSR count). The van der Waals surface area contributed by atoms with E-state index in [4.69, 9.17) is 16.3 Å². The van der Waals surface area contributed by atoms with Gasteiger partial charge < -0.3 is 15.0 Å². The summed E-state index contributed by atoms with van der Waals surface area (Å²) in [6, 6.07) is 17.3. The Bertz CT molecular complexity index is 1490. The number of amides is 2. The van der Waals surface area contributed by atoms with Crippen molar-refractivity contribution in [3.8, 4) is 5.75 Å². The van der Waals surface area contributed by atoms with Crippen LogP contribution in [0.3, 0.4) is 0 Å². The van der Waals surface area contributed by atoms with Crippen molar-refractivity contribution in [1.29, 1.82) is 0 Å². The van der Waals surface area contributed by atoms with E-state index in [-0.39, 0.29) is 28.1 Å². The molecule has 0 saturated heterocycles. The van der Waals surface area contributed by atoms with Gasteiger partial charge in [0.15, 0.2) is 0 Å². The highest BCUT2D eigenvalue weighted by Crippen LogP contribution is 2.32. The van der Waals surface area contributed by atoms with Gasteiger partial charge in [0, 0.05) is 16.6 Å². The maximum atomic E-state index is 14.0. The zero-order valence-corrected chi connectivity index (χ0v) is 27.1. The van der Waals surface area contributed by atoms with Gasteiger partial charge in [-0.15, -0.1) is 0 Å². The van der Waals surface area contributed by atoms with Crippen molar-refractivity contribution < 1.29 is 22.7 Å². The second kappa shape index (κ2) is 13.3. The quantitative estimate of drug-likeness (QED) is 0.289. The SMILES string of the molecule is COc1ccc(N(CC(=O)N(Cc2ccc(Br)cc2)[C@@H](C)C(=O)NC(C)(C)C)S(=O)(=O)c2ccc(C)cc2)cc1Cl. The third-order valence-corrected chi connectivity index (χ3v) is 8.85. The number of carbonyl (C=O) groups excluding carboxylic acids is 2. The minimum Gasteiger partial charge on any atom is -0.495 e. The average molecular weight is 665 g/mol. The highest BCUT2D eigenvalue weighted by Gasteiger charge is 2.33. The average Bonchev–Trinajstić information content (AvgIpc) is 2.90. The summed E-state index contributed by atoms with van der Waals surface area (Å²) in [6.45, 7) is 8.55. The Balaban J connectivity index is 2.07. The maximum absolute atomic E-state index is 14.0. The van der Waals surface area contributed by atoms with Crippen LogP contribution in [0.4, 0.5) is 5.69 Å². The van der Waals surface area contributed by atoms with Crippen molar-refractivity contribution in [2.45, 2.75) is 57.6 Å². The number of ether oxygens (including phenoxy) is 1. The van der Waals surface area contributed by atoms with Crippen LogP contribution < -0.4 is 14.4 Å². The first-order chi connectivity index (χ1) is 19.1. The molecule has 8 nitrogen and oxygen atoms in total. The fourth-order valence-electron chi connectivity index (χ4n) is 4.02. The molecule has 0 aromatic heterocycles. The zero-order valence-electron chi connectivity index (χ0n) is 23.9. The number of anilines is 1. The fourth-order valence-corrected chi connectivity index (χ4v) is 5.94. The molecule has 1 atom stereocenters. The van der Waals surface area contributed by atoms with Crippen LogP contribution in [0.25, 0.3) is 0 Å². The molecule has 0 bridgehead atoms. The predicted octanol–water partition coefficient (Wildman–Crippen LogP) is 5.95. The Morgan fingerprint density at radius 1 is 1.02 bits per heavy atom. The summed E-state index contributed by atoms with van der Waals surface area (Å²) in [5.41, 5.74) is 1.31. The second-order valence-electron chi connectivity index (χ2n) is 10.7. The first kappa shape index (κ1) is 32.4. The molecular weight excluding hydrogens is 630 g/mol. The van der Waals surface area contributed by atoms with Crippen LogP contribution in [-0.4, -0.2) is 50.4 Å². The number of rotatable bonds is 10. The standard InChI is InChI=1S/C30H35BrClN3O5S/c1-20-7-14-25(15-8-20)41(38,39)35(24-13-16-27(40-6)26(32)17-24)19-28(36)34(18-22-9-11-23(31)12-10-22)21(2)29(37)33-30(3,4)5/h7-17,21H,18-19H2,1-6H3,(H,33,37)/t21-/m0/s1. The zero-order chi connectivity index (χ0) is 30.5. The number of benzene rings is 3. The Hall–Kier alpha value is -3.08. The molecule has 0 aliphatic rings. The molecule has 11 heteroatoms. The summed E-state index contributed by atoms with van der Waals surface area (Å²) >= 11 is 9.78. The number of nitrogens with one attached hydrogen (secondary N) is 1. The number of aryl methyl sites for hydroxylation is 1. The van der Waals surface area contributed by atoms with Gasteiger partial charge in [-0.25, -0.2) is 8.42 Å². The number of hydrogen-bond donors (Lipinski definition) is 1. The first-order valence-electron chi connectivity index (χ1n) is 12.9. The monoisotopic (exact) mass is 663 g/mol. The number of methoxy groups -OCH3 is 1. The van der Waals surface area contributed by atoms with Crippen LogP contribution in [0.5, 0.6) is 5.75 Å². The van der Waals surface area contributed by atoms with Crippen molar-refractivity contribution in [2.24, 2.45) is 0 Å². The molecule has 0 saturated carbocycles. The van der Waals surface area contributed by atoms with E-state index in [9.17, 15) is 18.0 Å². The third-order valence-electron chi connectivity index (χ3n) is 6.24. The topological polar surface area (TPSA) is 96.0 Å². The van der Waals surface area contributed by atoms with Crippen molar-refractivity contribution in [3.63, 3.8) is 0 Å². The maximum Gasteiger partial charge on any atom is 0.264 e. The lowest BCUT2D eigenvalue weighted by Crippen LogP contribution is -2.54. The minimum absolute atomic E-state index is 0.0147. The summed E-state index contributed by atoms with van der Waals surface area (Å²) in [7, 11) is -2.76. The molecule has 3 aromatic carbocycles. The van der Waals surface area contributed by atoms with E-state index < -0.39 is 34.1 Å². The van der Waals surface area contributed by atoms with Gasteiger partial charge in [0.1, 0.15) is 18.3 Å². The van der Waals surface area contributed by atoms with Crippen LogP contribution in [0.15, 0.2) is 76.1 Å². The van der Waals surface area contributed by atoms with Gasteiger partial charge in [-0.3, -0.25) is 13.9 Å². The molecule has 0 aliphatic heterocycles. The second-order valence-corrected chi connectivity index (χ2v) is 13.9. The summed E-state index contributed by atoms with van der Waals surface area (Å²) in [5, 5.41) is 3.10. The molecule has 2 amide bonds. The fraction of sp³-hybridized carbons (Fsp3) is 0.333. The van der Waals surface area contributed by atoms with Crippen LogP contribution >= 0.6 is 27.5 Å². The van der Waals surface area contributed by atoms with Crippen molar-refractivity contribution in [2.75, 3.05) is 18.0 Å². The summed E-state index contributed by atoms with van der Waals surface area (Å²) in [6.07, 6.45) is 0. The Labute approximate surface area is 255 Å². The number of hydrogen-bond acceptors (Lipinski definition) is 5. The molecule has 0 unspecified atom stereocenters. The molecule has 0 fully saturated rings.